The number of hydrogen-bond acceptors (Lipinski definition) is 3. The highest BCUT2D eigenvalue weighted by Crippen LogP contribution is 2.35. The number of amides is 2. The topological polar surface area (TPSA) is 50.8 Å². The molecule has 25 heavy (non-hydrogen) atoms. The number of carbonyl (C=O) groups is 1. The van der Waals surface area contributed by atoms with Crippen molar-refractivity contribution in [2.24, 2.45) is 11.8 Å². The maximum atomic E-state index is 12.9. The Hall–Kier alpha value is -1.75. The molecule has 1 heterocycles. The van der Waals surface area contributed by atoms with E-state index in [1.54, 1.807) is 7.11 Å². The molecule has 1 aliphatic carbocycles. The first-order valence-corrected chi connectivity index (χ1v) is 9.29. The van der Waals surface area contributed by atoms with Crippen LogP contribution in [0.4, 0.5) is 10.5 Å². The van der Waals surface area contributed by atoms with Crippen molar-refractivity contribution in [3.8, 4) is 5.75 Å². The Balaban J connectivity index is 1.73. The van der Waals surface area contributed by atoms with Crippen molar-refractivity contribution in [3.63, 3.8) is 0 Å². The fourth-order valence-electron chi connectivity index (χ4n) is 3.85. The molecule has 5 nitrogen and oxygen atoms in total. The number of nitrogens with zero attached hydrogens (tertiary/aromatic N) is 1. The molecule has 2 amide bonds. The van der Waals surface area contributed by atoms with Crippen LogP contribution in [0.5, 0.6) is 5.75 Å². The van der Waals surface area contributed by atoms with E-state index in [0.29, 0.717) is 19.1 Å². The van der Waals surface area contributed by atoms with E-state index < -0.39 is 0 Å². The molecule has 1 atom stereocenters. The van der Waals surface area contributed by atoms with Crippen molar-refractivity contribution in [3.05, 3.63) is 22.8 Å². The van der Waals surface area contributed by atoms with Crippen molar-refractivity contribution in [1.82, 2.24) is 4.90 Å². The second-order valence-electron chi connectivity index (χ2n) is 7.42. The van der Waals surface area contributed by atoms with Gasteiger partial charge in [-0.05, 0) is 49.4 Å². The highest BCUT2D eigenvalue weighted by atomic mass is 16.5. The maximum absolute atomic E-state index is 12.9. The fourth-order valence-corrected chi connectivity index (χ4v) is 3.85. The number of benzene rings is 1. The number of ether oxygens (including phenoxy) is 2. The first kappa shape index (κ1) is 18.1. The number of carbonyl (C=O) groups excluding carboxylic acids is 1. The summed E-state index contributed by atoms with van der Waals surface area (Å²) >= 11 is 0. The van der Waals surface area contributed by atoms with Gasteiger partial charge in [-0.15, -0.1) is 0 Å². The number of urea groups is 1. The molecule has 138 valence electrons. The van der Waals surface area contributed by atoms with Crippen LogP contribution in [0.3, 0.4) is 0 Å². The van der Waals surface area contributed by atoms with Crippen LogP contribution in [-0.4, -0.2) is 44.3 Å². The van der Waals surface area contributed by atoms with Crippen LogP contribution in [0, 0.1) is 32.6 Å². The minimum Gasteiger partial charge on any atom is -0.496 e. The molecule has 1 aromatic rings. The average Bonchev–Trinajstić information content (AvgIpc) is 2.79. The standard InChI is InChI=1S/C20H30N2O3/c1-13-10-18(24-4)14(2)15(3)19(13)21-20(23)22-8-9-25-12-17(11-22)16-6-5-7-16/h10,16-17H,5-9,11-12H2,1-4H3,(H,21,23)/t17-/m0/s1. The monoisotopic (exact) mass is 346 g/mol. The van der Waals surface area contributed by atoms with Crippen LogP contribution in [0.1, 0.15) is 36.0 Å². The summed E-state index contributed by atoms with van der Waals surface area (Å²) < 4.78 is 11.2. The summed E-state index contributed by atoms with van der Waals surface area (Å²) in [6.45, 7) is 8.92. The number of nitrogens with one attached hydrogen (secondary N) is 1. The van der Waals surface area contributed by atoms with E-state index in [2.05, 4.69) is 5.32 Å². The molecule has 2 aliphatic rings. The predicted octanol–water partition coefficient (Wildman–Crippen LogP) is 3.90. The van der Waals surface area contributed by atoms with Gasteiger partial charge in [-0.2, -0.15) is 0 Å². The van der Waals surface area contributed by atoms with Gasteiger partial charge < -0.3 is 19.7 Å². The molecule has 0 spiro atoms. The summed E-state index contributed by atoms with van der Waals surface area (Å²) in [6.07, 6.45) is 3.87. The summed E-state index contributed by atoms with van der Waals surface area (Å²) in [6, 6.07) is 1.96. The lowest BCUT2D eigenvalue weighted by atomic mass is 9.76. The zero-order chi connectivity index (χ0) is 18.0. The summed E-state index contributed by atoms with van der Waals surface area (Å²) in [4.78, 5) is 14.8. The molecule has 1 aliphatic heterocycles. The van der Waals surface area contributed by atoms with Gasteiger partial charge in [0.05, 0.1) is 20.3 Å². The zero-order valence-corrected chi connectivity index (χ0v) is 15.9. The lowest BCUT2D eigenvalue weighted by molar-refractivity contribution is 0.0776. The molecule has 0 radical (unpaired) electrons. The third kappa shape index (κ3) is 3.76. The van der Waals surface area contributed by atoms with Crippen molar-refractivity contribution in [2.45, 2.75) is 40.0 Å². The molecule has 1 N–H and O–H groups in total. The number of anilines is 1. The molecule has 0 aromatic heterocycles. The number of aryl methyl sites for hydroxylation is 1. The normalized spacial score (nSPS) is 21.4. The lowest BCUT2D eigenvalue weighted by Crippen LogP contribution is -2.41. The Labute approximate surface area is 150 Å². The minimum absolute atomic E-state index is 0.0226. The third-order valence-electron chi connectivity index (χ3n) is 5.90. The molecule has 5 heteroatoms. The number of rotatable bonds is 3. The first-order chi connectivity index (χ1) is 12.0. The van der Waals surface area contributed by atoms with Gasteiger partial charge in [0.2, 0.25) is 0 Å². The lowest BCUT2D eigenvalue weighted by Gasteiger charge is -2.35. The van der Waals surface area contributed by atoms with E-state index in [1.165, 1.54) is 19.3 Å². The molecule has 0 unspecified atom stereocenters. The Morgan fingerprint density at radius 2 is 2.00 bits per heavy atom. The van der Waals surface area contributed by atoms with E-state index in [0.717, 1.165) is 47.2 Å². The molecule has 1 aromatic carbocycles. The van der Waals surface area contributed by atoms with E-state index in [-0.39, 0.29) is 6.03 Å². The van der Waals surface area contributed by atoms with Gasteiger partial charge in [-0.25, -0.2) is 4.79 Å². The maximum Gasteiger partial charge on any atom is 0.321 e. The van der Waals surface area contributed by atoms with Crippen LogP contribution in [-0.2, 0) is 4.74 Å². The fraction of sp³-hybridized carbons (Fsp3) is 0.650. The summed E-state index contributed by atoms with van der Waals surface area (Å²) in [5, 5.41) is 3.14. The van der Waals surface area contributed by atoms with E-state index in [1.807, 2.05) is 31.7 Å². The largest absolute Gasteiger partial charge is 0.496 e. The van der Waals surface area contributed by atoms with Crippen LogP contribution >= 0.6 is 0 Å². The summed E-state index contributed by atoms with van der Waals surface area (Å²) in [5.41, 5.74) is 4.05. The second-order valence-corrected chi connectivity index (χ2v) is 7.42. The Kier molecular flexibility index (Phi) is 5.52. The van der Waals surface area contributed by atoms with Crippen LogP contribution in [0.15, 0.2) is 6.07 Å². The van der Waals surface area contributed by atoms with Crippen LogP contribution < -0.4 is 10.1 Å². The third-order valence-corrected chi connectivity index (χ3v) is 5.90. The summed E-state index contributed by atoms with van der Waals surface area (Å²) in [5.74, 6) is 2.06. The van der Waals surface area contributed by atoms with Gasteiger partial charge in [0.25, 0.3) is 0 Å². The smallest absolute Gasteiger partial charge is 0.321 e. The van der Waals surface area contributed by atoms with E-state index in [4.69, 9.17) is 9.47 Å². The van der Waals surface area contributed by atoms with Crippen molar-refractivity contribution >= 4 is 11.7 Å². The van der Waals surface area contributed by atoms with Gasteiger partial charge in [-0.1, -0.05) is 19.3 Å². The van der Waals surface area contributed by atoms with Gasteiger partial charge >= 0.3 is 6.03 Å². The quantitative estimate of drug-likeness (QED) is 0.903. The predicted molar refractivity (Wildman–Crippen MR) is 99.4 cm³/mol. The van der Waals surface area contributed by atoms with Crippen LogP contribution in [0.2, 0.25) is 0 Å². The molecule has 1 saturated heterocycles. The first-order valence-electron chi connectivity index (χ1n) is 9.29. The molecule has 0 bridgehead atoms. The highest BCUT2D eigenvalue weighted by molar-refractivity contribution is 5.91. The van der Waals surface area contributed by atoms with Gasteiger partial charge in [0.15, 0.2) is 0 Å². The highest BCUT2D eigenvalue weighted by Gasteiger charge is 2.32. The molecule has 1 saturated carbocycles. The molecule has 3 rings (SSSR count). The zero-order valence-electron chi connectivity index (χ0n) is 15.9. The second kappa shape index (κ2) is 7.65. The number of hydrogen-bond donors (Lipinski definition) is 1. The average molecular weight is 346 g/mol. The van der Waals surface area contributed by atoms with E-state index >= 15 is 0 Å². The van der Waals surface area contributed by atoms with Gasteiger partial charge in [0, 0.05) is 24.7 Å². The van der Waals surface area contributed by atoms with Gasteiger partial charge in [-0.3, -0.25) is 0 Å². The minimum atomic E-state index is -0.0226. The Morgan fingerprint density at radius 1 is 1.24 bits per heavy atom. The van der Waals surface area contributed by atoms with Crippen molar-refractivity contribution in [2.75, 3.05) is 38.7 Å². The molecule has 2 fully saturated rings. The Morgan fingerprint density at radius 3 is 2.64 bits per heavy atom. The van der Waals surface area contributed by atoms with Crippen molar-refractivity contribution in [1.29, 1.82) is 0 Å². The van der Waals surface area contributed by atoms with Crippen molar-refractivity contribution < 1.29 is 14.3 Å². The Bertz CT molecular complexity index is 640. The SMILES string of the molecule is COc1cc(C)c(NC(=O)N2CCOC[C@@H](C3CCC3)C2)c(C)c1C. The summed E-state index contributed by atoms with van der Waals surface area (Å²) in [7, 11) is 1.68. The van der Waals surface area contributed by atoms with Gasteiger partial charge in [0.1, 0.15) is 5.75 Å². The molecular weight excluding hydrogens is 316 g/mol. The van der Waals surface area contributed by atoms with E-state index in [9.17, 15) is 4.79 Å². The van der Waals surface area contributed by atoms with Crippen LogP contribution in [0.25, 0.3) is 0 Å². The number of methoxy groups -OCH3 is 1. The molecular formula is C20H30N2O3.